The number of rotatable bonds is 6. The van der Waals surface area contributed by atoms with Crippen LogP contribution in [0, 0.1) is 11.3 Å². The van der Waals surface area contributed by atoms with Crippen molar-refractivity contribution in [2.45, 2.75) is 13.0 Å². The van der Waals surface area contributed by atoms with E-state index in [1.54, 1.807) is 30.3 Å². The molecule has 28 heavy (non-hydrogen) atoms. The highest BCUT2D eigenvalue weighted by molar-refractivity contribution is 6.32. The number of phenols is 1. The van der Waals surface area contributed by atoms with Gasteiger partial charge in [-0.05, 0) is 48.9 Å². The molecule has 0 aromatic heterocycles. The molecule has 7 heteroatoms. The number of benzene rings is 2. The molecule has 1 N–H and O–H groups in total. The minimum atomic E-state index is -0.539. The molecular weight excluding hydrogens is 380 g/mol. The molecule has 1 unspecified atom stereocenters. The Balaban J connectivity index is 1.95. The summed E-state index contributed by atoms with van der Waals surface area (Å²) in [6.45, 7) is 2.26. The number of phenolic OH excluding ortho intramolecular Hbond substituents is 1. The molecular formula is C21H17ClN2O4. The molecule has 1 amide bonds. The Hall–Kier alpha value is -3.30. The van der Waals surface area contributed by atoms with Crippen LogP contribution in [-0.4, -0.2) is 34.8 Å². The molecule has 1 atom stereocenters. The predicted molar refractivity (Wildman–Crippen MR) is 103 cm³/mol. The van der Waals surface area contributed by atoms with Gasteiger partial charge in [-0.1, -0.05) is 23.7 Å². The second-order valence-corrected chi connectivity index (χ2v) is 6.52. The third-order valence-electron chi connectivity index (χ3n) is 4.38. The monoisotopic (exact) mass is 396 g/mol. The Morgan fingerprint density at radius 3 is 2.61 bits per heavy atom. The second kappa shape index (κ2) is 8.15. The van der Waals surface area contributed by atoms with Crippen LogP contribution in [-0.2, 0) is 4.79 Å². The van der Waals surface area contributed by atoms with Crippen molar-refractivity contribution in [3.63, 3.8) is 0 Å². The summed E-state index contributed by atoms with van der Waals surface area (Å²) in [7, 11) is 0. The predicted octanol–water partition coefficient (Wildman–Crippen LogP) is 3.66. The average molecular weight is 397 g/mol. The number of halogens is 1. The fourth-order valence-electron chi connectivity index (χ4n) is 3.03. The standard InChI is InChI=1S/C21H17ClN2O4/c1-2-28-15-6-3-13(4-7-15)18-12-16(21(27)24(18)10-9-23)20(26)14-5-8-17(22)19(25)11-14/h3-8,11-12,18,25H,2,10H2,1H3. The van der Waals surface area contributed by atoms with E-state index in [0.717, 1.165) is 5.56 Å². The fourth-order valence-corrected chi connectivity index (χ4v) is 3.15. The van der Waals surface area contributed by atoms with Crippen molar-refractivity contribution in [2.75, 3.05) is 13.2 Å². The maximum absolute atomic E-state index is 12.8. The zero-order valence-corrected chi connectivity index (χ0v) is 15.8. The van der Waals surface area contributed by atoms with Crippen LogP contribution >= 0.6 is 11.6 Å². The van der Waals surface area contributed by atoms with Crippen molar-refractivity contribution in [3.05, 3.63) is 70.3 Å². The van der Waals surface area contributed by atoms with E-state index in [1.807, 2.05) is 13.0 Å². The van der Waals surface area contributed by atoms with Crippen molar-refractivity contribution in [1.82, 2.24) is 4.90 Å². The highest BCUT2D eigenvalue weighted by Crippen LogP contribution is 2.34. The molecule has 3 rings (SSSR count). The van der Waals surface area contributed by atoms with Crippen LogP contribution in [0.3, 0.4) is 0 Å². The van der Waals surface area contributed by atoms with Gasteiger partial charge in [0.25, 0.3) is 5.91 Å². The van der Waals surface area contributed by atoms with Gasteiger partial charge in [-0.3, -0.25) is 9.59 Å². The van der Waals surface area contributed by atoms with Crippen molar-refractivity contribution >= 4 is 23.3 Å². The summed E-state index contributed by atoms with van der Waals surface area (Å²) < 4.78 is 5.42. The molecule has 0 spiro atoms. The van der Waals surface area contributed by atoms with Crippen LogP contribution in [0.5, 0.6) is 11.5 Å². The number of amides is 1. The highest BCUT2D eigenvalue weighted by atomic mass is 35.5. The van der Waals surface area contributed by atoms with E-state index in [-0.39, 0.29) is 28.5 Å². The molecule has 1 heterocycles. The van der Waals surface area contributed by atoms with E-state index in [1.165, 1.54) is 23.1 Å². The maximum Gasteiger partial charge on any atom is 0.259 e. The van der Waals surface area contributed by atoms with Crippen LogP contribution in [0.4, 0.5) is 0 Å². The number of ether oxygens (including phenoxy) is 1. The minimum absolute atomic E-state index is 0.0455. The Kier molecular flexibility index (Phi) is 5.67. The number of carbonyl (C=O) groups is 2. The van der Waals surface area contributed by atoms with Gasteiger partial charge in [0.2, 0.25) is 0 Å². The van der Waals surface area contributed by atoms with Crippen molar-refractivity contribution in [1.29, 1.82) is 5.26 Å². The maximum atomic E-state index is 12.8. The van der Waals surface area contributed by atoms with Crippen molar-refractivity contribution in [2.24, 2.45) is 0 Å². The number of ketones is 1. The zero-order valence-electron chi connectivity index (χ0n) is 15.1. The van der Waals surface area contributed by atoms with Gasteiger partial charge in [0.05, 0.1) is 29.3 Å². The summed E-state index contributed by atoms with van der Waals surface area (Å²) in [5, 5.41) is 19.0. The van der Waals surface area contributed by atoms with E-state index in [2.05, 4.69) is 0 Å². The van der Waals surface area contributed by atoms with Gasteiger partial charge in [-0.25, -0.2) is 0 Å². The van der Waals surface area contributed by atoms with E-state index < -0.39 is 17.7 Å². The quantitative estimate of drug-likeness (QED) is 0.457. The molecule has 6 nitrogen and oxygen atoms in total. The number of nitrogens with zero attached hydrogens (tertiary/aromatic N) is 2. The zero-order chi connectivity index (χ0) is 20.3. The lowest BCUT2D eigenvalue weighted by atomic mass is 10.0. The molecule has 1 aliphatic rings. The topological polar surface area (TPSA) is 90.6 Å². The fraction of sp³-hybridized carbons (Fsp3) is 0.190. The summed E-state index contributed by atoms with van der Waals surface area (Å²) in [6.07, 6.45) is 1.54. The van der Waals surface area contributed by atoms with Gasteiger partial charge in [0, 0.05) is 5.56 Å². The highest BCUT2D eigenvalue weighted by Gasteiger charge is 2.36. The summed E-state index contributed by atoms with van der Waals surface area (Å²) in [6, 6.07) is 12.6. The summed E-state index contributed by atoms with van der Waals surface area (Å²) in [4.78, 5) is 26.9. The smallest absolute Gasteiger partial charge is 0.259 e. The van der Waals surface area contributed by atoms with Crippen LogP contribution in [0.25, 0.3) is 0 Å². The third kappa shape index (κ3) is 3.71. The molecule has 142 valence electrons. The Bertz CT molecular complexity index is 992. The van der Waals surface area contributed by atoms with Crippen LogP contribution in [0.1, 0.15) is 28.9 Å². The number of nitriles is 1. The number of hydrogen-bond donors (Lipinski definition) is 1. The number of Topliss-reactive ketones (excluding diaryl/α,β-unsaturated/α-hetero) is 1. The first-order valence-electron chi connectivity index (χ1n) is 8.62. The average Bonchev–Trinajstić information content (AvgIpc) is 3.01. The minimum Gasteiger partial charge on any atom is -0.506 e. The molecule has 0 bridgehead atoms. The molecule has 2 aromatic rings. The van der Waals surface area contributed by atoms with Gasteiger partial charge in [0.1, 0.15) is 18.0 Å². The lowest BCUT2D eigenvalue weighted by molar-refractivity contribution is -0.126. The summed E-state index contributed by atoms with van der Waals surface area (Å²) in [5.74, 6) is -0.608. The Morgan fingerprint density at radius 1 is 1.29 bits per heavy atom. The van der Waals surface area contributed by atoms with Crippen molar-refractivity contribution < 1.29 is 19.4 Å². The normalized spacial score (nSPS) is 15.9. The van der Waals surface area contributed by atoms with Crippen LogP contribution < -0.4 is 4.74 Å². The second-order valence-electron chi connectivity index (χ2n) is 6.11. The largest absolute Gasteiger partial charge is 0.506 e. The van der Waals surface area contributed by atoms with Crippen LogP contribution in [0.2, 0.25) is 5.02 Å². The van der Waals surface area contributed by atoms with E-state index in [4.69, 9.17) is 21.6 Å². The first-order chi connectivity index (χ1) is 13.5. The van der Waals surface area contributed by atoms with E-state index in [0.29, 0.717) is 12.4 Å². The SMILES string of the molecule is CCOc1ccc(C2C=C(C(=O)c3ccc(Cl)c(O)c3)C(=O)N2CC#N)cc1. The lowest BCUT2D eigenvalue weighted by Crippen LogP contribution is -2.31. The molecule has 1 aliphatic heterocycles. The molecule has 2 aromatic carbocycles. The van der Waals surface area contributed by atoms with Gasteiger partial charge in [-0.2, -0.15) is 5.26 Å². The Morgan fingerprint density at radius 2 is 2.00 bits per heavy atom. The van der Waals surface area contributed by atoms with Gasteiger partial charge < -0.3 is 14.7 Å². The summed E-state index contributed by atoms with van der Waals surface area (Å²) >= 11 is 5.78. The van der Waals surface area contributed by atoms with Crippen molar-refractivity contribution in [3.8, 4) is 17.6 Å². The summed E-state index contributed by atoms with van der Waals surface area (Å²) in [5.41, 5.74) is 0.857. The van der Waals surface area contributed by atoms with Gasteiger partial charge >= 0.3 is 0 Å². The lowest BCUT2D eigenvalue weighted by Gasteiger charge is -2.22. The van der Waals surface area contributed by atoms with E-state index in [9.17, 15) is 14.7 Å². The molecule has 0 saturated carbocycles. The number of aromatic hydroxyl groups is 1. The van der Waals surface area contributed by atoms with Gasteiger partial charge in [0.15, 0.2) is 5.78 Å². The van der Waals surface area contributed by atoms with Gasteiger partial charge in [-0.15, -0.1) is 0 Å². The molecule has 0 fully saturated rings. The molecule has 0 radical (unpaired) electrons. The first kappa shape index (κ1) is 19.5. The van der Waals surface area contributed by atoms with E-state index >= 15 is 0 Å². The number of hydrogen-bond acceptors (Lipinski definition) is 5. The first-order valence-corrected chi connectivity index (χ1v) is 8.99. The molecule has 0 aliphatic carbocycles. The Labute approximate surface area is 167 Å². The molecule has 0 saturated heterocycles. The van der Waals surface area contributed by atoms with Crippen LogP contribution in [0.15, 0.2) is 54.1 Å². The third-order valence-corrected chi connectivity index (χ3v) is 4.70. The number of carbonyl (C=O) groups excluding carboxylic acids is 2.